The molecule has 33 heavy (non-hydrogen) atoms. The third-order valence-corrected chi connectivity index (χ3v) is 6.08. The molecule has 0 bridgehead atoms. The highest BCUT2D eigenvalue weighted by atomic mass is 19.1. The number of allylic oxidation sites excluding steroid dienone is 1. The monoisotopic (exact) mass is 462 g/mol. The zero-order valence-electron chi connectivity index (χ0n) is 18.9. The number of alkyl halides is 2. The van der Waals surface area contributed by atoms with Gasteiger partial charge in [-0.1, -0.05) is 30.2 Å². The van der Waals surface area contributed by atoms with E-state index < -0.39 is 25.0 Å². The number of aliphatic hydroxyl groups is 1. The van der Waals surface area contributed by atoms with Crippen molar-refractivity contribution in [3.63, 3.8) is 0 Å². The van der Waals surface area contributed by atoms with Gasteiger partial charge in [0.25, 0.3) is 0 Å². The fourth-order valence-electron chi connectivity index (χ4n) is 4.06. The van der Waals surface area contributed by atoms with Crippen molar-refractivity contribution in [3.05, 3.63) is 47.0 Å². The summed E-state index contributed by atoms with van der Waals surface area (Å²) in [5, 5.41) is 17.0. The van der Waals surface area contributed by atoms with Crippen LogP contribution in [0.2, 0.25) is 0 Å². The van der Waals surface area contributed by atoms with Gasteiger partial charge in [-0.25, -0.2) is 4.39 Å². The summed E-state index contributed by atoms with van der Waals surface area (Å²) in [5.41, 5.74) is 2.18. The fraction of sp³-hybridized carbons (Fsp3) is 0.560. The van der Waals surface area contributed by atoms with Crippen molar-refractivity contribution >= 4 is 5.91 Å². The quantitative estimate of drug-likeness (QED) is 0.417. The number of aliphatic hydroxyl groups excluding tert-OH is 1. The number of carbonyl (C=O) groups is 1. The van der Waals surface area contributed by atoms with Crippen LogP contribution >= 0.6 is 0 Å². The number of amides is 1. The molecule has 4 atom stereocenters. The molecule has 3 N–H and O–H groups in total. The van der Waals surface area contributed by atoms with Gasteiger partial charge >= 0.3 is 0 Å². The van der Waals surface area contributed by atoms with E-state index in [0.29, 0.717) is 13.4 Å². The van der Waals surface area contributed by atoms with Gasteiger partial charge in [-0.2, -0.15) is 0 Å². The molecule has 6 nitrogen and oxygen atoms in total. The van der Waals surface area contributed by atoms with E-state index in [1.54, 1.807) is 0 Å². The molecular weight excluding hydrogens is 430 g/mol. The van der Waals surface area contributed by atoms with E-state index in [4.69, 9.17) is 15.9 Å². The topological polar surface area (TPSA) is 79.8 Å². The van der Waals surface area contributed by atoms with Gasteiger partial charge in [0.15, 0.2) is 0 Å². The zero-order chi connectivity index (χ0) is 23.8. The molecule has 3 rings (SSSR count). The number of rotatable bonds is 12. The summed E-state index contributed by atoms with van der Waals surface area (Å²) in [6, 6.07) is 7.43. The summed E-state index contributed by atoms with van der Waals surface area (Å²) < 4.78 is 37.1. The van der Waals surface area contributed by atoms with E-state index >= 15 is 0 Å². The molecule has 0 radical (unpaired) electrons. The second-order valence-corrected chi connectivity index (χ2v) is 8.64. The number of halogens is 2. The van der Waals surface area contributed by atoms with Gasteiger partial charge in [-0.15, -0.1) is 6.42 Å². The van der Waals surface area contributed by atoms with Crippen molar-refractivity contribution in [1.82, 2.24) is 10.6 Å². The average Bonchev–Trinajstić information content (AvgIpc) is 3.39. The van der Waals surface area contributed by atoms with Gasteiger partial charge in [0.05, 0.1) is 25.4 Å². The Morgan fingerprint density at radius 3 is 2.85 bits per heavy atom. The second kappa shape index (κ2) is 11.7. The molecule has 8 heteroatoms. The lowest BCUT2D eigenvalue weighted by Crippen LogP contribution is -2.48. The SMILES string of the molecule is C#C/C(=C\C(F)CCF)CC(NC(C)=O)C(O)CNC1(c2cccc(C3COCO3)c2)CC1. The lowest BCUT2D eigenvalue weighted by molar-refractivity contribution is -0.120. The Hall–Kier alpha value is -2.31. The molecule has 180 valence electrons. The van der Waals surface area contributed by atoms with E-state index in [-0.39, 0.29) is 42.5 Å². The second-order valence-electron chi connectivity index (χ2n) is 8.64. The maximum atomic E-state index is 13.8. The van der Waals surface area contributed by atoms with E-state index in [1.165, 1.54) is 13.0 Å². The Balaban J connectivity index is 1.65. The highest BCUT2D eigenvalue weighted by molar-refractivity contribution is 5.73. The summed E-state index contributed by atoms with van der Waals surface area (Å²) in [5.74, 6) is 2.06. The van der Waals surface area contributed by atoms with Crippen LogP contribution in [0.5, 0.6) is 0 Å². The summed E-state index contributed by atoms with van der Waals surface area (Å²) in [7, 11) is 0. The van der Waals surface area contributed by atoms with Gasteiger partial charge in [-0.3, -0.25) is 9.18 Å². The van der Waals surface area contributed by atoms with Crippen LogP contribution in [0.15, 0.2) is 35.9 Å². The number of hydrogen-bond donors (Lipinski definition) is 3. The van der Waals surface area contributed by atoms with E-state index in [0.717, 1.165) is 24.0 Å². The minimum Gasteiger partial charge on any atom is -0.390 e. The predicted molar refractivity (Wildman–Crippen MR) is 121 cm³/mol. The molecule has 1 aromatic rings. The smallest absolute Gasteiger partial charge is 0.217 e. The molecule has 4 unspecified atom stereocenters. The lowest BCUT2D eigenvalue weighted by Gasteiger charge is -2.27. The van der Waals surface area contributed by atoms with Gasteiger partial charge in [0.2, 0.25) is 5.91 Å². The molecule has 1 amide bonds. The number of ether oxygens (including phenoxy) is 2. The van der Waals surface area contributed by atoms with Crippen LogP contribution in [0, 0.1) is 12.3 Å². The first-order chi connectivity index (χ1) is 15.9. The first kappa shape index (κ1) is 25.3. The number of terminal acetylenes is 1. The largest absolute Gasteiger partial charge is 0.390 e. The van der Waals surface area contributed by atoms with E-state index in [1.807, 2.05) is 18.2 Å². The van der Waals surface area contributed by atoms with Gasteiger partial charge < -0.3 is 25.2 Å². The van der Waals surface area contributed by atoms with Crippen LogP contribution in [-0.4, -0.2) is 56.0 Å². The van der Waals surface area contributed by atoms with Crippen LogP contribution in [0.1, 0.15) is 49.8 Å². The minimum absolute atomic E-state index is 0.0765. The van der Waals surface area contributed by atoms with E-state index in [9.17, 15) is 18.7 Å². The van der Waals surface area contributed by atoms with Crippen molar-refractivity contribution in [1.29, 1.82) is 0 Å². The molecule has 1 aliphatic heterocycles. The van der Waals surface area contributed by atoms with E-state index in [2.05, 4.69) is 22.6 Å². The normalized spacial score (nSPS) is 22.3. The summed E-state index contributed by atoms with van der Waals surface area (Å²) >= 11 is 0. The first-order valence-electron chi connectivity index (χ1n) is 11.2. The first-order valence-corrected chi connectivity index (χ1v) is 11.2. The fourth-order valence-corrected chi connectivity index (χ4v) is 4.06. The Labute approximate surface area is 193 Å². The average molecular weight is 463 g/mol. The van der Waals surface area contributed by atoms with Gasteiger partial charge in [-0.05, 0) is 30.0 Å². The molecule has 2 aliphatic rings. The summed E-state index contributed by atoms with van der Waals surface area (Å²) in [6.45, 7) is 1.58. The zero-order valence-corrected chi connectivity index (χ0v) is 18.9. The number of hydrogen-bond acceptors (Lipinski definition) is 5. The summed E-state index contributed by atoms with van der Waals surface area (Å²) in [6.07, 6.45) is 5.74. The highest BCUT2D eigenvalue weighted by Gasteiger charge is 2.44. The molecule has 0 aromatic heterocycles. The van der Waals surface area contributed by atoms with Crippen LogP contribution in [0.3, 0.4) is 0 Å². The Morgan fingerprint density at radius 2 is 2.24 bits per heavy atom. The van der Waals surface area contributed by atoms with Crippen molar-refractivity contribution in [2.24, 2.45) is 0 Å². The molecular formula is C25H32F2N2O4. The third-order valence-electron chi connectivity index (χ3n) is 6.08. The predicted octanol–water partition coefficient (Wildman–Crippen LogP) is 2.82. The number of nitrogens with one attached hydrogen (secondary N) is 2. The molecule has 0 spiro atoms. The maximum Gasteiger partial charge on any atom is 0.217 e. The standard InChI is InChI=1S/C25H32F2N2O4/c1-3-18(11-21(27)7-10-26)12-22(29-17(2)30)23(31)14-28-25(8-9-25)20-6-4-5-19(13-20)24-15-32-16-33-24/h1,4-6,11,13,21-24,28,31H,7-10,12,14-16H2,2H3,(H,29,30)/b18-11+. The molecule has 1 saturated carbocycles. The Kier molecular flexibility index (Phi) is 8.98. The van der Waals surface area contributed by atoms with Gasteiger partial charge in [0, 0.05) is 37.4 Å². The molecule has 1 aromatic carbocycles. The highest BCUT2D eigenvalue weighted by Crippen LogP contribution is 2.46. The maximum absolute atomic E-state index is 13.8. The molecule has 2 fully saturated rings. The Morgan fingerprint density at radius 1 is 1.45 bits per heavy atom. The van der Waals surface area contributed by atoms with Crippen molar-refractivity contribution in [3.8, 4) is 12.3 Å². The molecule has 1 saturated heterocycles. The third kappa shape index (κ3) is 7.08. The van der Waals surface area contributed by atoms with Crippen molar-refractivity contribution in [2.75, 3.05) is 26.6 Å². The number of benzene rings is 1. The van der Waals surface area contributed by atoms with Crippen molar-refractivity contribution in [2.45, 2.75) is 62.6 Å². The van der Waals surface area contributed by atoms with Crippen LogP contribution in [0.4, 0.5) is 8.78 Å². The summed E-state index contributed by atoms with van der Waals surface area (Å²) in [4.78, 5) is 11.7. The van der Waals surface area contributed by atoms with Crippen molar-refractivity contribution < 1.29 is 28.2 Å². The molecule has 1 aliphatic carbocycles. The Bertz CT molecular complexity index is 875. The van der Waals surface area contributed by atoms with Crippen LogP contribution in [0.25, 0.3) is 0 Å². The lowest BCUT2D eigenvalue weighted by atomic mass is 9.97. The van der Waals surface area contributed by atoms with Gasteiger partial charge in [0.1, 0.15) is 19.1 Å². The van der Waals surface area contributed by atoms with Crippen LogP contribution in [-0.2, 0) is 19.8 Å². The number of carbonyl (C=O) groups excluding carboxylic acids is 1. The van der Waals surface area contributed by atoms with Crippen LogP contribution < -0.4 is 10.6 Å². The minimum atomic E-state index is -1.51. The molecule has 1 heterocycles.